The molecular formula is C21H23N5O3S. The smallest absolute Gasteiger partial charge is 0.259 e. The summed E-state index contributed by atoms with van der Waals surface area (Å²) in [4.78, 5) is 19.4. The molecule has 1 fully saturated rings. The maximum Gasteiger partial charge on any atom is 0.259 e. The van der Waals surface area contributed by atoms with Crippen LogP contribution in [0.3, 0.4) is 0 Å². The summed E-state index contributed by atoms with van der Waals surface area (Å²) in [6.45, 7) is 3.02. The van der Waals surface area contributed by atoms with E-state index >= 15 is 0 Å². The average Bonchev–Trinajstić information content (AvgIpc) is 3.36. The maximum absolute atomic E-state index is 13.1. The third-order valence-corrected chi connectivity index (χ3v) is 7.91. The second-order valence-electron chi connectivity index (χ2n) is 7.83. The van der Waals surface area contributed by atoms with Crippen LogP contribution in [0.5, 0.6) is 0 Å². The van der Waals surface area contributed by atoms with Gasteiger partial charge in [-0.2, -0.15) is 9.40 Å². The lowest BCUT2D eigenvalue weighted by Gasteiger charge is -2.34. The maximum atomic E-state index is 13.1. The SMILES string of the molecule is Cc1nn2cccnc2c1C(=O)N1CCN(S(=O)(=O)c2ccc3c(c2)CCC3)CC1. The van der Waals surface area contributed by atoms with Gasteiger partial charge < -0.3 is 4.90 Å². The summed E-state index contributed by atoms with van der Waals surface area (Å²) in [5.74, 6) is -0.157. The number of piperazine rings is 1. The van der Waals surface area contributed by atoms with E-state index in [1.807, 2.05) is 12.1 Å². The Kier molecular flexibility index (Phi) is 4.59. The molecule has 0 N–H and O–H groups in total. The zero-order valence-corrected chi connectivity index (χ0v) is 17.6. The molecular weight excluding hydrogens is 402 g/mol. The second kappa shape index (κ2) is 7.17. The first-order valence-electron chi connectivity index (χ1n) is 10.2. The van der Waals surface area contributed by atoms with Crippen LogP contribution in [-0.4, -0.2) is 64.3 Å². The van der Waals surface area contributed by atoms with Crippen molar-refractivity contribution in [3.8, 4) is 0 Å². The highest BCUT2D eigenvalue weighted by atomic mass is 32.2. The van der Waals surface area contributed by atoms with E-state index in [2.05, 4.69) is 10.1 Å². The number of carbonyl (C=O) groups is 1. The fourth-order valence-electron chi connectivity index (χ4n) is 4.39. The first-order valence-corrected chi connectivity index (χ1v) is 11.6. The quantitative estimate of drug-likeness (QED) is 0.637. The summed E-state index contributed by atoms with van der Waals surface area (Å²) in [6, 6.07) is 7.24. The first-order chi connectivity index (χ1) is 14.4. The Morgan fingerprint density at radius 2 is 1.83 bits per heavy atom. The summed E-state index contributed by atoms with van der Waals surface area (Å²) in [6.07, 6.45) is 6.43. The van der Waals surface area contributed by atoms with E-state index in [4.69, 9.17) is 0 Å². The molecule has 0 unspecified atom stereocenters. The van der Waals surface area contributed by atoms with Crippen molar-refractivity contribution >= 4 is 21.6 Å². The number of aryl methyl sites for hydroxylation is 3. The van der Waals surface area contributed by atoms with Gasteiger partial charge in [0.25, 0.3) is 5.91 Å². The number of hydrogen-bond donors (Lipinski definition) is 0. The monoisotopic (exact) mass is 425 g/mol. The lowest BCUT2D eigenvalue weighted by Crippen LogP contribution is -2.50. The number of rotatable bonds is 3. The molecule has 1 aliphatic carbocycles. The van der Waals surface area contributed by atoms with Crippen molar-refractivity contribution in [2.45, 2.75) is 31.1 Å². The number of amides is 1. The minimum Gasteiger partial charge on any atom is -0.336 e. The van der Waals surface area contributed by atoms with Crippen molar-refractivity contribution in [3.63, 3.8) is 0 Å². The molecule has 9 heteroatoms. The molecule has 0 saturated carbocycles. The van der Waals surface area contributed by atoms with Crippen LogP contribution in [0.2, 0.25) is 0 Å². The molecule has 8 nitrogen and oxygen atoms in total. The summed E-state index contributed by atoms with van der Waals surface area (Å²) in [5, 5.41) is 4.35. The Labute approximate surface area is 175 Å². The number of sulfonamides is 1. The molecule has 2 aromatic heterocycles. The number of nitrogens with zero attached hydrogens (tertiary/aromatic N) is 5. The second-order valence-corrected chi connectivity index (χ2v) is 9.77. The number of aromatic nitrogens is 3. The van der Waals surface area contributed by atoms with Crippen molar-refractivity contribution in [1.29, 1.82) is 0 Å². The highest BCUT2D eigenvalue weighted by Gasteiger charge is 2.32. The Morgan fingerprint density at radius 3 is 2.63 bits per heavy atom. The molecule has 0 radical (unpaired) electrons. The van der Waals surface area contributed by atoms with Gasteiger partial charge in [0.1, 0.15) is 5.56 Å². The molecule has 2 aliphatic rings. The molecule has 1 aliphatic heterocycles. The van der Waals surface area contributed by atoms with Gasteiger partial charge in [0.15, 0.2) is 5.65 Å². The number of benzene rings is 1. The third-order valence-electron chi connectivity index (χ3n) is 6.02. The molecule has 0 spiro atoms. The van der Waals surface area contributed by atoms with Gasteiger partial charge in [-0.25, -0.2) is 17.9 Å². The zero-order valence-electron chi connectivity index (χ0n) is 16.8. The predicted molar refractivity (Wildman–Crippen MR) is 111 cm³/mol. The van der Waals surface area contributed by atoms with Gasteiger partial charge in [-0.1, -0.05) is 6.07 Å². The Bertz CT molecular complexity index is 1240. The van der Waals surface area contributed by atoms with E-state index in [0.29, 0.717) is 34.9 Å². The van der Waals surface area contributed by atoms with Crippen LogP contribution in [0, 0.1) is 6.92 Å². The van der Waals surface area contributed by atoms with Crippen LogP contribution in [0.25, 0.3) is 5.65 Å². The van der Waals surface area contributed by atoms with Crippen molar-refractivity contribution in [3.05, 3.63) is 59.0 Å². The van der Waals surface area contributed by atoms with Gasteiger partial charge in [0.2, 0.25) is 10.0 Å². The van der Waals surface area contributed by atoms with Crippen LogP contribution >= 0.6 is 0 Å². The Morgan fingerprint density at radius 1 is 1.07 bits per heavy atom. The molecule has 156 valence electrons. The average molecular weight is 426 g/mol. The molecule has 0 atom stereocenters. The van der Waals surface area contributed by atoms with Crippen molar-refractivity contribution in [1.82, 2.24) is 23.8 Å². The third kappa shape index (κ3) is 3.09. The summed E-state index contributed by atoms with van der Waals surface area (Å²) < 4.78 is 29.3. The van der Waals surface area contributed by atoms with Gasteiger partial charge in [-0.3, -0.25) is 4.79 Å². The van der Waals surface area contributed by atoms with E-state index in [0.717, 1.165) is 24.8 Å². The fourth-order valence-corrected chi connectivity index (χ4v) is 5.87. The molecule has 1 saturated heterocycles. The van der Waals surface area contributed by atoms with E-state index in [1.54, 1.807) is 40.9 Å². The standard InChI is InChI=1S/C21H23N5O3S/c1-15-19(20-22-8-3-9-26(20)23-15)21(27)24-10-12-25(13-11-24)30(28,29)18-7-6-16-4-2-5-17(16)14-18/h3,6-9,14H,2,4-5,10-13H2,1H3. The molecule has 1 aromatic carbocycles. The molecule has 3 aromatic rings. The largest absolute Gasteiger partial charge is 0.336 e. The van der Waals surface area contributed by atoms with Crippen LogP contribution < -0.4 is 0 Å². The Hall–Kier alpha value is -2.78. The summed E-state index contributed by atoms with van der Waals surface area (Å²) in [7, 11) is -3.56. The van der Waals surface area contributed by atoms with Crippen molar-refractivity contribution in [2.75, 3.05) is 26.2 Å². The van der Waals surface area contributed by atoms with Gasteiger partial charge in [-0.05, 0) is 55.5 Å². The number of hydrogen-bond acceptors (Lipinski definition) is 5. The molecule has 5 rings (SSSR count). The first kappa shape index (κ1) is 19.2. The van der Waals surface area contributed by atoms with Crippen LogP contribution in [0.15, 0.2) is 41.6 Å². The lowest BCUT2D eigenvalue weighted by atomic mass is 10.1. The van der Waals surface area contributed by atoms with Gasteiger partial charge >= 0.3 is 0 Å². The van der Waals surface area contributed by atoms with E-state index in [1.165, 1.54) is 9.87 Å². The number of fused-ring (bicyclic) bond motifs is 2. The van der Waals surface area contributed by atoms with Crippen LogP contribution in [-0.2, 0) is 22.9 Å². The van der Waals surface area contributed by atoms with Crippen molar-refractivity contribution < 1.29 is 13.2 Å². The minimum absolute atomic E-state index is 0.157. The van der Waals surface area contributed by atoms with Gasteiger partial charge in [0.05, 0.1) is 10.6 Å². The van der Waals surface area contributed by atoms with Crippen LogP contribution in [0.4, 0.5) is 0 Å². The van der Waals surface area contributed by atoms with Gasteiger partial charge in [0, 0.05) is 38.6 Å². The van der Waals surface area contributed by atoms with Gasteiger partial charge in [-0.15, -0.1) is 0 Å². The summed E-state index contributed by atoms with van der Waals surface area (Å²) >= 11 is 0. The Balaban J connectivity index is 1.33. The predicted octanol–water partition coefficient (Wildman–Crippen LogP) is 1.67. The zero-order chi connectivity index (χ0) is 20.9. The molecule has 0 bridgehead atoms. The van der Waals surface area contributed by atoms with Crippen LogP contribution in [0.1, 0.15) is 33.6 Å². The topological polar surface area (TPSA) is 87.9 Å². The normalized spacial score (nSPS) is 17.4. The number of carbonyl (C=O) groups excluding carboxylic acids is 1. The van der Waals surface area contributed by atoms with E-state index in [9.17, 15) is 13.2 Å². The van der Waals surface area contributed by atoms with E-state index < -0.39 is 10.0 Å². The molecule has 1 amide bonds. The lowest BCUT2D eigenvalue weighted by molar-refractivity contribution is 0.0699. The fraction of sp³-hybridized carbons (Fsp3) is 0.381. The minimum atomic E-state index is -3.56. The molecule has 30 heavy (non-hydrogen) atoms. The highest BCUT2D eigenvalue weighted by Crippen LogP contribution is 2.27. The van der Waals surface area contributed by atoms with Crippen molar-refractivity contribution in [2.24, 2.45) is 0 Å². The molecule has 3 heterocycles. The highest BCUT2D eigenvalue weighted by molar-refractivity contribution is 7.89. The summed E-state index contributed by atoms with van der Waals surface area (Å²) in [5.41, 5.74) is 4.01. The van der Waals surface area contributed by atoms with E-state index in [-0.39, 0.29) is 19.0 Å².